The van der Waals surface area contributed by atoms with Crippen LogP contribution in [0.25, 0.3) is 0 Å². The Hall–Kier alpha value is -1.47. The number of rotatable bonds is 9. The van der Waals surface area contributed by atoms with Gasteiger partial charge in [-0.05, 0) is 12.3 Å². The number of carboxylic acid groups (broad SMARTS) is 1. The van der Waals surface area contributed by atoms with E-state index in [9.17, 15) is 14.7 Å². The number of carbonyl (C=O) groups excluding carboxylic acids is 1. The van der Waals surface area contributed by atoms with Crippen molar-refractivity contribution in [3.8, 4) is 0 Å². The highest BCUT2D eigenvalue weighted by Crippen LogP contribution is 2.27. The maximum Gasteiger partial charge on any atom is 0.355 e. The van der Waals surface area contributed by atoms with E-state index in [0.29, 0.717) is 17.8 Å². The lowest BCUT2D eigenvalue weighted by atomic mass is 9.96. The fourth-order valence-electron chi connectivity index (χ4n) is 2.44. The lowest BCUT2D eigenvalue weighted by Crippen LogP contribution is -2.41. The van der Waals surface area contributed by atoms with E-state index < -0.39 is 12.1 Å². The summed E-state index contributed by atoms with van der Waals surface area (Å²) in [4.78, 5) is 28.7. The van der Waals surface area contributed by atoms with Gasteiger partial charge in [-0.3, -0.25) is 4.79 Å². The average Bonchev–Trinajstić information content (AvgIpc) is 2.99. The van der Waals surface area contributed by atoms with Crippen molar-refractivity contribution in [2.24, 2.45) is 5.92 Å². The van der Waals surface area contributed by atoms with E-state index in [1.807, 2.05) is 20.8 Å². The Bertz CT molecular complexity index is 530. The highest BCUT2D eigenvalue weighted by atomic mass is 32.1. The molecule has 0 spiro atoms. The number of hydrogen-bond donors (Lipinski definition) is 2. The molecule has 23 heavy (non-hydrogen) atoms. The van der Waals surface area contributed by atoms with Crippen molar-refractivity contribution in [2.75, 3.05) is 7.05 Å². The minimum atomic E-state index is -1.10. The second-order valence-corrected chi connectivity index (χ2v) is 6.94. The molecule has 130 valence electrons. The number of amides is 1. The van der Waals surface area contributed by atoms with Gasteiger partial charge in [0.2, 0.25) is 5.91 Å². The zero-order valence-electron chi connectivity index (χ0n) is 14.2. The molecule has 0 saturated heterocycles. The van der Waals surface area contributed by atoms with Gasteiger partial charge in [-0.1, -0.05) is 27.2 Å². The standard InChI is InChI=1S/C16H26N2O4S/c1-5-6-7-14(20)18(4)12(10(2)3)8-13(19)15-17-11(9-23-15)16(21)22/h9-10,12-13,19H,5-8H2,1-4H3,(H,21,22). The maximum absolute atomic E-state index is 12.2. The third kappa shape index (κ3) is 5.58. The molecule has 2 N–H and O–H groups in total. The molecule has 1 heterocycles. The molecule has 0 radical (unpaired) electrons. The van der Waals surface area contributed by atoms with Crippen LogP contribution >= 0.6 is 11.3 Å². The molecular weight excluding hydrogens is 316 g/mol. The number of aliphatic hydroxyl groups excluding tert-OH is 1. The minimum Gasteiger partial charge on any atom is -0.476 e. The summed E-state index contributed by atoms with van der Waals surface area (Å²) in [6, 6.07) is -0.119. The van der Waals surface area contributed by atoms with E-state index in [2.05, 4.69) is 4.98 Å². The first kappa shape index (κ1) is 19.6. The number of aromatic nitrogens is 1. The largest absolute Gasteiger partial charge is 0.476 e. The molecule has 2 atom stereocenters. The highest BCUT2D eigenvalue weighted by Gasteiger charge is 2.27. The molecular formula is C16H26N2O4S. The summed E-state index contributed by atoms with van der Waals surface area (Å²) in [7, 11) is 1.76. The predicted molar refractivity (Wildman–Crippen MR) is 89.6 cm³/mol. The van der Waals surface area contributed by atoms with Crippen LogP contribution in [0.1, 0.15) is 68.1 Å². The van der Waals surface area contributed by atoms with E-state index in [0.717, 1.165) is 24.2 Å². The summed E-state index contributed by atoms with van der Waals surface area (Å²) >= 11 is 1.13. The van der Waals surface area contributed by atoms with Gasteiger partial charge in [-0.2, -0.15) is 0 Å². The van der Waals surface area contributed by atoms with Crippen LogP contribution in [0.2, 0.25) is 0 Å². The normalized spacial score (nSPS) is 13.8. The van der Waals surface area contributed by atoms with E-state index in [-0.39, 0.29) is 23.6 Å². The minimum absolute atomic E-state index is 0.0578. The first-order chi connectivity index (χ1) is 10.8. The molecule has 1 amide bonds. The molecule has 0 fully saturated rings. The van der Waals surface area contributed by atoms with Crippen molar-refractivity contribution < 1.29 is 19.8 Å². The summed E-state index contributed by atoms with van der Waals surface area (Å²) in [6.07, 6.45) is 1.80. The van der Waals surface area contributed by atoms with Crippen molar-refractivity contribution in [3.63, 3.8) is 0 Å². The van der Waals surface area contributed by atoms with Gasteiger partial charge in [0.1, 0.15) is 11.1 Å². The van der Waals surface area contributed by atoms with Crippen LogP contribution in [0.15, 0.2) is 5.38 Å². The number of aliphatic hydroxyl groups is 1. The molecule has 6 nitrogen and oxygen atoms in total. The monoisotopic (exact) mass is 342 g/mol. The lowest BCUT2D eigenvalue weighted by Gasteiger charge is -2.32. The van der Waals surface area contributed by atoms with Crippen LogP contribution in [0.4, 0.5) is 0 Å². The summed E-state index contributed by atoms with van der Waals surface area (Å²) in [5.41, 5.74) is -0.0578. The number of unbranched alkanes of at least 4 members (excludes halogenated alkanes) is 1. The van der Waals surface area contributed by atoms with Gasteiger partial charge in [0.15, 0.2) is 5.69 Å². The van der Waals surface area contributed by atoms with Gasteiger partial charge in [0.05, 0.1) is 0 Å². The number of carbonyl (C=O) groups is 2. The molecule has 0 aliphatic heterocycles. The van der Waals surface area contributed by atoms with Crippen LogP contribution in [0.3, 0.4) is 0 Å². The molecule has 0 bridgehead atoms. The Kier molecular flexibility index (Phi) is 7.64. The molecule has 0 aromatic carbocycles. The van der Waals surface area contributed by atoms with Crippen LogP contribution in [-0.2, 0) is 4.79 Å². The predicted octanol–water partition coefficient (Wildman–Crippen LogP) is 2.94. The zero-order valence-corrected chi connectivity index (χ0v) is 15.0. The first-order valence-corrected chi connectivity index (χ1v) is 8.78. The van der Waals surface area contributed by atoms with Crippen molar-refractivity contribution in [1.82, 2.24) is 9.88 Å². The first-order valence-electron chi connectivity index (χ1n) is 7.90. The van der Waals surface area contributed by atoms with E-state index >= 15 is 0 Å². The Morgan fingerprint density at radius 1 is 1.39 bits per heavy atom. The smallest absolute Gasteiger partial charge is 0.355 e. The molecule has 0 saturated carbocycles. The number of nitrogens with zero attached hydrogens (tertiary/aromatic N) is 2. The highest BCUT2D eigenvalue weighted by molar-refractivity contribution is 7.09. The van der Waals surface area contributed by atoms with Crippen molar-refractivity contribution in [2.45, 2.75) is 58.6 Å². The van der Waals surface area contributed by atoms with Gasteiger partial charge >= 0.3 is 5.97 Å². The van der Waals surface area contributed by atoms with E-state index in [1.54, 1.807) is 11.9 Å². The molecule has 1 rings (SSSR count). The van der Waals surface area contributed by atoms with Gasteiger partial charge in [-0.25, -0.2) is 9.78 Å². The van der Waals surface area contributed by atoms with Gasteiger partial charge in [0, 0.05) is 31.3 Å². The summed E-state index contributed by atoms with van der Waals surface area (Å²) in [6.45, 7) is 6.05. The topological polar surface area (TPSA) is 90.7 Å². The summed E-state index contributed by atoms with van der Waals surface area (Å²) < 4.78 is 0. The third-order valence-electron chi connectivity index (χ3n) is 3.90. The van der Waals surface area contributed by atoms with Gasteiger partial charge in [0.25, 0.3) is 0 Å². The molecule has 2 unspecified atom stereocenters. The van der Waals surface area contributed by atoms with E-state index in [4.69, 9.17) is 5.11 Å². The second-order valence-electron chi connectivity index (χ2n) is 6.05. The maximum atomic E-state index is 12.2. The molecule has 0 aliphatic rings. The van der Waals surface area contributed by atoms with Crippen LogP contribution in [0, 0.1) is 5.92 Å². The number of carboxylic acids is 1. The fourth-order valence-corrected chi connectivity index (χ4v) is 3.23. The van der Waals surface area contributed by atoms with Crippen molar-refractivity contribution in [1.29, 1.82) is 0 Å². The van der Waals surface area contributed by atoms with Gasteiger partial charge in [-0.15, -0.1) is 11.3 Å². The zero-order chi connectivity index (χ0) is 17.6. The molecule has 1 aromatic heterocycles. The molecule has 7 heteroatoms. The van der Waals surface area contributed by atoms with Crippen LogP contribution < -0.4 is 0 Å². The lowest BCUT2D eigenvalue weighted by molar-refractivity contribution is -0.133. The van der Waals surface area contributed by atoms with Crippen molar-refractivity contribution >= 4 is 23.2 Å². The Balaban J connectivity index is 2.77. The van der Waals surface area contributed by atoms with E-state index in [1.165, 1.54) is 5.38 Å². The quantitative estimate of drug-likeness (QED) is 0.720. The Labute approximate surface area is 141 Å². The Morgan fingerprint density at radius 3 is 2.52 bits per heavy atom. The fraction of sp³-hybridized carbons (Fsp3) is 0.688. The number of thiazole rings is 1. The third-order valence-corrected chi connectivity index (χ3v) is 4.84. The summed E-state index contributed by atoms with van der Waals surface area (Å²) in [5, 5.41) is 21.1. The van der Waals surface area contributed by atoms with Crippen molar-refractivity contribution in [3.05, 3.63) is 16.1 Å². The van der Waals surface area contributed by atoms with Gasteiger partial charge < -0.3 is 15.1 Å². The molecule has 1 aromatic rings. The number of hydrogen-bond acceptors (Lipinski definition) is 5. The average molecular weight is 342 g/mol. The number of aromatic carboxylic acids is 1. The van der Waals surface area contributed by atoms with Crippen LogP contribution in [-0.4, -0.2) is 45.1 Å². The summed E-state index contributed by atoms with van der Waals surface area (Å²) in [5.74, 6) is -0.853. The Morgan fingerprint density at radius 2 is 2.04 bits per heavy atom. The second kappa shape index (κ2) is 8.98. The van der Waals surface area contributed by atoms with Crippen LogP contribution in [0.5, 0.6) is 0 Å². The SMILES string of the molecule is CCCCC(=O)N(C)C(CC(O)c1nc(C(=O)O)cs1)C(C)C. The molecule has 0 aliphatic carbocycles.